The van der Waals surface area contributed by atoms with Gasteiger partial charge in [0.05, 0.1) is 13.2 Å². The van der Waals surface area contributed by atoms with Crippen molar-refractivity contribution < 1.29 is 14.3 Å². The standard InChI is InChI=1S/C30H35NO3/c1-23-6-3-4-8-29(23)30(32)9-5-7-25-10-12-26(13-11-25)28-15-14-27(22-24(28)2)34-21-18-31-16-19-33-20-17-31/h3-4,6,8,10-15,22H,5,7,9,16-21H2,1-2H3. The highest BCUT2D eigenvalue weighted by atomic mass is 16.5. The van der Waals surface area contributed by atoms with Crippen molar-refractivity contribution >= 4 is 5.78 Å². The highest BCUT2D eigenvalue weighted by Gasteiger charge is 2.11. The van der Waals surface area contributed by atoms with Gasteiger partial charge in [-0.2, -0.15) is 0 Å². The molecule has 34 heavy (non-hydrogen) atoms. The third-order valence-corrected chi connectivity index (χ3v) is 6.56. The van der Waals surface area contributed by atoms with Crippen molar-refractivity contribution in [2.45, 2.75) is 33.1 Å². The van der Waals surface area contributed by atoms with E-state index in [1.165, 1.54) is 22.3 Å². The van der Waals surface area contributed by atoms with Crippen molar-refractivity contribution in [3.8, 4) is 16.9 Å². The second-order valence-corrected chi connectivity index (χ2v) is 9.07. The van der Waals surface area contributed by atoms with E-state index in [1.54, 1.807) is 0 Å². The summed E-state index contributed by atoms with van der Waals surface area (Å²) in [6.07, 6.45) is 2.35. The number of ketones is 1. The number of Topliss-reactive ketones (excluding diaryl/α,β-unsaturated/α-hetero) is 1. The van der Waals surface area contributed by atoms with E-state index in [0.29, 0.717) is 13.0 Å². The Morgan fingerprint density at radius 3 is 2.44 bits per heavy atom. The van der Waals surface area contributed by atoms with Gasteiger partial charge in [-0.15, -0.1) is 0 Å². The highest BCUT2D eigenvalue weighted by Crippen LogP contribution is 2.27. The van der Waals surface area contributed by atoms with Gasteiger partial charge in [-0.1, -0.05) is 54.6 Å². The minimum atomic E-state index is 0.234. The third kappa shape index (κ3) is 6.55. The van der Waals surface area contributed by atoms with Crippen LogP contribution in [0.4, 0.5) is 0 Å². The van der Waals surface area contributed by atoms with E-state index < -0.39 is 0 Å². The quantitative estimate of drug-likeness (QED) is 0.356. The first-order valence-electron chi connectivity index (χ1n) is 12.3. The van der Waals surface area contributed by atoms with Crippen molar-refractivity contribution in [3.05, 3.63) is 89.0 Å². The number of nitrogens with zero attached hydrogens (tertiary/aromatic N) is 1. The molecule has 1 saturated heterocycles. The minimum Gasteiger partial charge on any atom is -0.492 e. The molecule has 0 bridgehead atoms. The Morgan fingerprint density at radius 1 is 0.941 bits per heavy atom. The molecule has 0 radical (unpaired) electrons. The summed E-state index contributed by atoms with van der Waals surface area (Å²) in [5, 5.41) is 0. The van der Waals surface area contributed by atoms with Gasteiger partial charge in [0.2, 0.25) is 0 Å². The van der Waals surface area contributed by atoms with Crippen LogP contribution in [0.25, 0.3) is 11.1 Å². The fraction of sp³-hybridized carbons (Fsp3) is 0.367. The molecule has 1 aliphatic heterocycles. The maximum Gasteiger partial charge on any atom is 0.163 e. The zero-order valence-corrected chi connectivity index (χ0v) is 20.4. The number of carbonyl (C=O) groups is 1. The number of morpholine rings is 1. The first kappa shape index (κ1) is 24.2. The van der Waals surface area contributed by atoms with Gasteiger partial charge in [-0.25, -0.2) is 0 Å². The SMILES string of the molecule is Cc1ccccc1C(=O)CCCc1ccc(-c2ccc(OCCN3CCOCC3)cc2C)cc1. The van der Waals surface area contributed by atoms with Gasteiger partial charge < -0.3 is 9.47 Å². The Balaban J connectivity index is 1.27. The largest absolute Gasteiger partial charge is 0.492 e. The molecule has 4 heteroatoms. The first-order valence-corrected chi connectivity index (χ1v) is 12.3. The number of rotatable bonds is 10. The van der Waals surface area contributed by atoms with Crippen molar-refractivity contribution in [3.63, 3.8) is 0 Å². The van der Waals surface area contributed by atoms with E-state index in [4.69, 9.17) is 9.47 Å². The minimum absolute atomic E-state index is 0.234. The molecular formula is C30H35NO3. The van der Waals surface area contributed by atoms with E-state index in [0.717, 1.165) is 62.6 Å². The number of aryl methyl sites for hydroxylation is 3. The zero-order chi connectivity index (χ0) is 23.8. The fourth-order valence-electron chi connectivity index (χ4n) is 4.49. The second-order valence-electron chi connectivity index (χ2n) is 9.07. The predicted octanol–water partition coefficient (Wildman–Crippen LogP) is 5.89. The topological polar surface area (TPSA) is 38.8 Å². The molecule has 0 atom stereocenters. The van der Waals surface area contributed by atoms with Crippen LogP contribution in [0.5, 0.6) is 5.75 Å². The van der Waals surface area contributed by atoms with Crippen LogP contribution in [0.2, 0.25) is 0 Å². The maximum atomic E-state index is 12.5. The summed E-state index contributed by atoms with van der Waals surface area (Å²) in [6, 6.07) is 22.9. The normalized spacial score (nSPS) is 14.2. The van der Waals surface area contributed by atoms with Gasteiger partial charge in [-0.05, 0) is 66.6 Å². The Bertz CT molecular complexity index is 1080. The number of ether oxygens (including phenoxy) is 2. The molecule has 3 aromatic carbocycles. The van der Waals surface area contributed by atoms with Crippen LogP contribution in [0.1, 0.15) is 39.9 Å². The molecule has 0 spiro atoms. The van der Waals surface area contributed by atoms with Gasteiger partial charge >= 0.3 is 0 Å². The van der Waals surface area contributed by atoms with E-state index in [1.807, 2.05) is 31.2 Å². The van der Waals surface area contributed by atoms with E-state index in [-0.39, 0.29) is 5.78 Å². The van der Waals surface area contributed by atoms with Crippen LogP contribution in [0.15, 0.2) is 66.7 Å². The molecular weight excluding hydrogens is 422 g/mol. The average molecular weight is 458 g/mol. The molecule has 1 heterocycles. The highest BCUT2D eigenvalue weighted by molar-refractivity contribution is 5.97. The van der Waals surface area contributed by atoms with Crippen LogP contribution in [-0.2, 0) is 11.2 Å². The first-order chi connectivity index (χ1) is 16.6. The summed E-state index contributed by atoms with van der Waals surface area (Å²) >= 11 is 0. The number of benzene rings is 3. The molecule has 0 saturated carbocycles. The van der Waals surface area contributed by atoms with Crippen LogP contribution >= 0.6 is 0 Å². The summed E-state index contributed by atoms with van der Waals surface area (Å²) in [6.45, 7) is 9.37. The van der Waals surface area contributed by atoms with E-state index in [9.17, 15) is 4.79 Å². The predicted molar refractivity (Wildman–Crippen MR) is 138 cm³/mol. The van der Waals surface area contributed by atoms with Crippen molar-refractivity contribution in [2.24, 2.45) is 0 Å². The van der Waals surface area contributed by atoms with Crippen molar-refractivity contribution in [2.75, 3.05) is 39.5 Å². The van der Waals surface area contributed by atoms with E-state index in [2.05, 4.69) is 54.3 Å². The molecule has 0 aromatic heterocycles. The molecule has 4 nitrogen and oxygen atoms in total. The van der Waals surface area contributed by atoms with Crippen molar-refractivity contribution in [1.29, 1.82) is 0 Å². The van der Waals surface area contributed by atoms with Crippen LogP contribution in [0, 0.1) is 13.8 Å². The lowest BCUT2D eigenvalue weighted by Gasteiger charge is -2.26. The lowest BCUT2D eigenvalue weighted by atomic mass is 9.97. The van der Waals surface area contributed by atoms with Gasteiger partial charge in [0.25, 0.3) is 0 Å². The fourth-order valence-corrected chi connectivity index (χ4v) is 4.49. The molecule has 0 aliphatic carbocycles. The van der Waals surface area contributed by atoms with Gasteiger partial charge in [0.1, 0.15) is 12.4 Å². The lowest BCUT2D eigenvalue weighted by molar-refractivity contribution is 0.0322. The number of carbonyl (C=O) groups excluding carboxylic acids is 1. The lowest BCUT2D eigenvalue weighted by Crippen LogP contribution is -2.38. The smallest absolute Gasteiger partial charge is 0.163 e. The molecule has 0 N–H and O–H groups in total. The van der Waals surface area contributed by atoms with Gasteiger partial charge in [0, 0.05) is 31.6 Å². The number of hydrogen-bond acceptors (Lipinski definition) is 4. The molecule has 1 aliphatic rings. The van der Waals surface area contributed by atoms with E-state index >= 15 is 0 Å². The van der Waals surface area contributed by atoms with Gasteiger partial charge in [0.15, 0.2) is 5.78 Å². The molecule has 0 unspecified atom stereocenters. The summed E-state index contributed by atoms with van der Waals surface area (Å²) < 4.78 is 11.4. The maximum absolute atomic E-state index is 12.5. The van der Waals surface area contributed by atoms with Crippen LogP contribution < -0.4 is 4.74 Å². The zero-order valence-electron chi connectivity index (χ0n) is 20.4. The monoisotopic (exact) mass is 457 g/mol. The number of hydrogen-bond donors (Lipinski definition) is 0. The summed E-state index contributed by atoms with van der Waals surface area (Å²) in [5.41, 5.74) is 6.81. The Labute approximate surface area is 203 Å². The Morgan fingerprint density at radius 2 is 1.71 bits per heavy atom. The Hall–Kier alpha value is -2.95. The molecule has 4 rings (SSSR count). The molecule has 1 fully saturated rings. The van der Waals surface area contributed by atoms with Crippen LogP contribution in [0.3, 0.4) is 0 Å². The summed E-state index contributed by atoms with van der Waals surface area (Å²) in [7, 11) is 0. The molecule has 3 aromatic rings. The third-order valence-electron chi connectivity index (χ3n) is 6.56. The van der Waals surface area contributed by atoms with Crippen molar-refractivity contribution in [1.82, 2.24) is 4.90 Å². The molecule has 0 amide bonds. The molecule has 178 valence electrons. The Kier molecular flexibility index (Phi) is 8.51. The summed E-state index contributed by atoms with van der Waals surface area (Å²) in [5.74, 6) is 1.15. The van der Waals surface area contributed by atoms with Crippen LogP contribution in [-0.4, -0.2) is 50.1 Å². The summed E-state index contributed by atoms with van der Waals surface area (Å²) in [4.78, 5) is 14.9. The average Bonchev–Trinajstić information content (AvgIpc) is 2.86. The second kappa shape index (κ2) is 12.0. The van der Waals surface area contributed by atoms with Gasteiger partial charge in [-0.3, -0.25) is 9.69 Å².